The number of amides is 2. The van der Waals surface area contributed by atoms with Gasteiger partial charge < -0.3 is 9.80 Å². The Hall–Kier alpha value is -1.93. The van der Waals surface area contributed by atoms with Crippen LogP contribution < -0.4 is 0 Å². The number of likely N-dealkylation sites (tertiary alicyclic amines) is 1. The van der Waals surface area contributed by atoms with E-state index in [1.807, 2.05) is 32.9 Å². The monoisotopic (exact) mass is 435 g/mol. The first-order valence-electron chi connectivity index (χ1n) is 10.8. The second-order valence-electron chi connectivity index (χ2n) is 8.78. The van der Waals surface area contributed by atoms with Gasteiger partial charge in [-0.05, 0) is 43.9 Å². The molecule has 1 aromatic rings. The van der Waals surface area contributed by atoms with E-state index in [2.05, 4.69) is 0 Å². The molecule has 8 heteroatoms. The van der Waals surface area contributed by atoms with Gasteiger partial charge in [0.25, 0.3) is 0 Å². The van der Waals surface area contributed by atoms with E-state index in [1.165, 1.54) is 4.31 Å². The summed E-state index contributed by atoms with van der Waals surface area (Å²) < 4.78 is 27.7. The van der Waals surface area contributed by atoms with Gasteiger partial charge in [-0.25, -0.2) is 8.42 Å². The van der Waals surface area contributed by atoms with Crippen LogP contribution in [0.5, 0.6) is 0 Å². The molecule has 2 saturated heterocycles. The quantitative estimate of drug-likeness (QED) is 0.725. The predicted octanol–water partition coefficient (Wildman–Crippen LogP) is 2.03. The first-order chi connectivity index (χ1) is 14.1. The van der Waals surface area contributed by atoms with Crippen LogP contribution in [-0.2, 0) is 19.6 Å². The van der Waals surface area contributed by atoms with Crippen molar-refractivity contribution in [3.63, 3.8) is 0 Å². The molecule has 2 fully saturated rings. The molecule has 2 heterocycles. The highest BCUT2D eigenvalue weighted by molar-refractivity contribution is 7.89. The van der Waals surface area contributed by atoms with Crippen LogP contribution in [0.1, 0.15) is 37.8 Å². The normalized spacial score (nSPS) is 21.2. The average molecular weight is 436 g/mol. The van der Waals surface area contributed by atoms with Crippen molar-refractivity contribution in [1.29, 1.82) is 0 Å². The van der Waals surface area contributed by atoms with Gasteiger partial charge in [-0.1, -0.05) is 26.0 Å². The minimum absolute atomic E-state index is 0.0417. The smallest absolute Gasteiger partial charge is 0.243 e. The Kier molecular flexibility index (Phi) is 6.87. The lowest BCUT2D eigenvalue weighted by atomic mass is 9.95. The number of piperazine rings is 1. The van der Waals surface area contributed by atoms with E-state index in [9.17, 15) is 18.0 Å². The Morgan fingerprint density at radius 2 is 1.67 bits per heavy atom. The number of carbonyl (C=O) groups is 2. The molecule has 0 spiro atoms. The Labute approximate surface area is 180 Å². The molecule has 0 bridgehead atoms. The fraction of sp³-hybridized carbons (Fsp3) is 0.636. The van der Waals surface area contributed by atoms with Gasteiger partial charge in [0.1, 0.15) is 0 Å². The molecule has 2 aliphatic heterocycles. The summed E-state index contributed by atoms with van der Waals surface area (Å²) in [6, 6.07) is 5.45. The Morgan fingerprint density at radius 3 is 2.30 bits per heavy atom. The number of benzene rings is 1. The van der Waals surface area contributed by atoms with Crippen molar-refractivity contribution in [2.24, 2.45) is 11.8 Å². The SMILES string of the molecule is Cc1ccc(C)c(S(=O)(=O)N2CCN(C(=O)C3CCCN(C(=O)C(C)C)C3)CC2)c1. The maximum atomic E-state index is 13.1. The topological polar surface area (TPSA) is 78.0 Å². The van der Waals surface area contributed by atoms with Gasteiger partial charge >= 0.3 is 0 Å². The lowest BCUT2D eigenvalue weighted by Gasteiger charge is -2.39. The third-order valence-electron chi connectivity index (χ3n) is 6.09. The van der Waals surface area contributed by atoms with E-state index >= 15 is 0 Å². The van der Waals surface area contributed by atoms with Crippen LogP contribution in [0.25, 0.3) is 0 Å². The van der Waals surface area contributed by atoms with Crippen molar-refractivity contribution in [3.05, 3.63) is 29.3 Å². The zero-order valence-corrected chi connectivity index (χ0v) is 19.2. The standard InChI is InChI=1S/C22H33N3O4S/c1-16(2)21(26)24-9-5-6-19(15-24)22(27)23-10-12-25(13-11-23)30(28,29)20-14-17(3)7-8-18(20)4/h7-8,14,16,19H,5-6,9-13,15H2,1-4H3. The second-order valence-corrected chi connectivity index (χ2v) is 10.7. The molecule has 1 atom stereocenters. The molecule has 1 aromatic carbocycles. The van der Waals surface area contributed by atoms with Crippen molar-refractivity contribution in [3.8, 4) is 0 Å². The molecule has 1 unspecified atom stereocenters. The lowest BCUT2D eigenvalue weighted by Crippen LogP contribution is -2.54. The summed E-state index contributed by atoms with van der Waals surface area (Å²) in [6.45, 7) is 9.99. The van der Waals surface area contributed by atoms with Crippen molar-refractivity contribution >= 4 is 21.8 Å². The zero-order chi connectivity index (χ0) is 22.1. The number of sulfonamides is 1. The molecule has 3 rings (SSSR count). The van der Waals surface area contributed by atoms with Gasteiger partial charge in [-0.2, -0.15) is 4.31 Å². The van der Waals surface area contributed by atoms with E-state index in [0.29, 0.717) is 44.2 Å². The third kappa shape index (κ3) is 4.70. The molecule has 2 amide bonds. The van der Waals surface area contributed by atoms with Crippen LogP contribution in [0.4, 0.5) is 0 Å². The van der Waals surface area contributed by atoms with Gasteiger partial charge in [0.2, 0.25) is 21.8 Å². The highest BCUT2D eigenvalue weighted by atomic mass is 32.2. The third-order valence-corrected chi connectivity index (χ3v) is 8.13. The molecule has 166 valence electrons. The van der Waals surface area contributed by atoms with Crippen LogP contribution in [0, 0.1) is 25.7 Å². The summed E-state index contributed by atoms with van der Waals surface area (Å²) >= 11 is 0. The van der Waals surface area contributed by atoms with Gasteiger partial charge in [0.05, 0.1) is 10.8 Å². The zero-order valence-electron chi connectivity index (χ0n) is 18.4. The van der Waals surface area contributed by atoms with Crippen LogP contribution in [-0.4, -0.2) is 73.6 Å². The van der Waals surface area contributed by atoms with E-state index in [4.69, 9.17) is 0 Å². The Morgan fingerprint density at radius 1 is 1.00 bits per heavy atom. The van der Waals surface area contributed by atoms with E-state index in [0.717, 1.165) is 24.0 Å². The van der Waals surface area contributed by atoms with Gasteiger partial charge in [-0.3, -0.25) is 9.59 Å². The van der Waals surface area contributed by atoms with Crippen molar-refractivity contribution in [2.75, 3.05) is 39.3 Å². The molecule has 0 radical (unpaired) electrons. The fourth-order valence-electron chi connectivity index (χ4n) is 4.28. The van der Waals surface area contributed by atoms with Crippen molar-refractivity contribution in [2.45, 2.75) is 45.4 Å². The van der Waals surface area contributed by atoms with Crippen LogP contribution in [0.2, 0.25) is 0 Å². The summed E-state index contributed by atoms with van der Waals surface area (Å²) in [5, 5.41) is 0. The van der Waals surface area contributed by atoms with Crippen molar-refractivity contribution < 1.29 is 18.0 Å². The first kappa shape index (κ1) is 22.7. The minimum Gasteiger partial charge on any atom is -0.342 e. The summed E-state index contributed by atoms with van der Waals surface area (Å²) in [5.41, 5.74) is 1.64. The maximum absolute atomic E-state index is 13.1. The van der Waals surface area contributed by atoms with Crippen LogP contribution in [0.3, 0.4) is 0 Å². The number of carbonyl (C=O) groups excluding carboxylic acids is 2. The Balaban J connectivity index is 1.63. The van der Waals surface area contributed by atoms with Crippen LogP contribution >= 0.6 is 0 Å². The average Bonchev–Trinajstić information content (AvgIpc) is 2.74. The van der Waals surface area contributed by atoms with E-state index in [-0.39, 0.29) is 23.7 Å². The second kappa shape index (κ2) is 9.06. The number of piperidine rings is 1. The van der Waals surface area contributed by atoms with Crippen LogP contribution in [0.15, 0.2) is 23.1 Å². The molecule has 0 aromatic heterocycles. The number of aryl methyl sites for hydroxylation is 2. The largest absolute Gasteiger partial charge is 0.342 e. The van der Waals surface area contributed by atoms with Crippen molar-refractivity contribution in [1.82, 2.24) is 14.1 Å². The molecule has 7 nitrogen and oxygen atoms in total. The fourth-order valence-corrected chi connectivity index (χ4v) is 6.01. The highest BCUT2D eigenvalue weighted by Crippen LogP contribution is 2.24. The van der Waals surface area contributed by atoms with Gasteiger partial charge in [0, 0.05) is 45.2 Å². The summed E-state index contributed by atoms with van der Waals surface area (Å²) in [7, 11) is -3.58. The van der Waals surface area contributed by atoms with E-state index in [1.54, 1.807) is 22.8 Å². The van der Waals surface area contributed by atoms with Gasteiger partial charge in [-0.15, -0.1) is 0 Å². The minimum atomic E-state index is -3.58. The number of rotatable bonds is 4. The van der Waals surface area contributed by atoms with Gasteiger partial charge in [0.15, 0.2) is 0 Å². The number of nitrogens with zero attached hydrogens (tertiary/aromatic N) is 3. The summed E-state index contributed by atoms with van der Waals surface area (Å²) in [5.74, 6) is -0.127. The Bertz CT molecular complexity index is 905. The number of hydrogen-bond donors (Lipinski definition) is 0. The van der Waals surface area contributed by atoms with E-state index < -0.39 is 10.0 Å². The molecule has 0 saturated carbocycles. The molecule has 0 N–H and O–H groups in total. The molecular weight excluding hydrogens is 402 g/mol. The highest BCUT2D eigenvalue weighted by Gasteiger charge is 2.35. The molecular formula is C22H33N3O4S. The predicted molar refractivity (Wildman–Crippen MR) is 115 cm³/mol. The lowest BCUT2D eigenvalue weighted by molar-refractivity contribution is -0.143. The number of hydrogen-bond acceptors (Lipinski definition) is 4. The first-order valence-corrected chi connectivity index (χ1v) is 12.2. The molecule has 0 aliphatic carbocycles. The maximum Gasteiger partial charge on any atom is 0.243 e. The summed E-state index contributed by atoms with van der Waals surface area (Å²) in [6.07, 6.45) is 1.61. The molecule has 30 heavy (non-hydrogen) atoms. The summed E-state index contributed by atoms with van der Waals surface area (Å²) in [4.78, 5) is 29.3. The molecule has 2 aliphatic rings.